The third-order valence-electron chi connectivity index (χ3n) is 3.14. The van der Waals surface area contributed by atoms with Crippen LogP contribution in [0.3, 0.4) is 0 Å². The standard InChI is InChI=1S/C15H25N3O2/c1-4-9-18(12(2)3)10-11-20-14-7-5-13(6-8-14)15(19)17-16/h5-8,12H,4,9-11,16H2,1-3H3,(H,17,19). The summed E-state index contributed by atoms with van der Waals surface area (Å²) in [6.45, 7) is 9.18. The van der Waals surface area contributed by atoms with Gasteiger partial charge in [0.1, 0.15) is 12.4 Å². The highest BCUT2D eigenvalue weighted by atomic mass is 16.5. The van der Waals surface area contributed by atoms with Gasteiger partial charge in [-0.3, -0.25) is 15.1 Å². The molecule has 0 atom stereocenters. The highest BCUT2D eigenvalue weighted by Gasteiger charge is 2.08. The van der Waals surface area contributed by atoms with Crippen molar-refractivity contribution in [2.24, 2.45) is 5.84 Å². The smallest absolute Gasteiger partial charge is 0.265 e. The van der Waals surface area contributed by atoms with Crippen molar-refractivity contribution in [2.45, 2.75) is 33.2 Å². The van der Waals surface area contributed by atoms with Crippen LogP contribution in [0.2, 0.25) is 0 Å². The van der Waals surface area contributed by atoms with E-state index in [9.17, 15) is 4.79 Å². The van der Waals surface area contributed by atoms with Gasteiger partial charge in [-0.2, -0.15) is 0 Å². The number of carbonyl (C=O) groups excluding carboxylic acids is 1. The van der Waals surface area contributed by atoms with Gasteiger partial charge in [0.15, 0.2) is 0 Å². The van der Waals surface area contributed by atoms with E-state index in [0.29, 0.717) is 18.2 Å². The Kier molecular flexibility index (Phi) is 7.04. The van der Waals surface area contributed by atoms with Gasteiger partial charge in [0.2, 0.25) is 0 Å². The van der Waals surface area contributed by atoms with Gasteiger partial charge in [-0.15, -0.1) is 0 Å². The molecule has 20 heavy (non-hydrogen) atoms. The SMILES string of the molecule is CCCN(CCOc1ccc(C(=O)NN)cc1)C(C)C. The summed E-state index contributed by atoms with van der Waals surface area (Å²) in [6, 6.07) is 7.48. The minimum absolute atomic E-state index is 0.300. The highest BCUT2D eigenvalue weighted by Crippen LogP contribution is 2.12. The predicted octanol–water partition coefficient (Wildman–Crippen LogP) is 1.79. The van der Waals surface area contributed by atoms with Crippen molar-refractivity contribution < 1.29 is 9.53 Å². The molecule has 1 aromatic carbocycles. The third kappa shape index (κ3) is 5.19. The molecule has 5 heteroatoms. The Bertz CT molecular complexity index is 404. The Morgan fingerprint density at radius 2 is 1.95 bits per heavy atom. The molecule has 0 unspecified atom stereocenters. The topological polar surface area (TPSA) is 67.6 Å². The number of amides is 1. The number of ether oxygens (including phenoxy) is 1. The summed E-state index contributed by atoms with van der Waals surface area (Å²) in [5.74, 6) is 5.54. The molecule has 0 aliphatic heterocycles. The number of nitrogens with zero attached hydrogens (tertiary/aromatic N) is 1. The van der Waals surface area contributed by atoms with Crippen LogP contribution in [0.1, 0.15) is 37.6 Å². The van der Waals surface area contributed by atoms with Gasteiger partial charge >= 0.3 is 0 Å². The van der Waals surface area contributed by atoms with E-state index in [1.165, 1.54) is 0 Å². The second kappa shape index (κ2) is 8.55. The minimum Gasteiger partial charge on any atom is -0.492 e. The van der Waals surface area contributed by atoms with Crippen LogP contribution in [0.5, 0.6) is 5.75 Å². The van der Waals surface area contributed by atoms with Gasteiger partial charge in [0, 0.05) is 18.2 Å². The van der Waals surface area contributed by atoms with Gasteiger partial charge in [0.05, 0.1) is 0 Å². The van der Waals surface area contributed by atoms with Crippen LogP contribution < -0.4 is 16.0 Å². The van der Waals surface area contributed by atoms with E-state index in [0.717, 1.165) is 25.3 Å². The van der Waals surface area contributed by atoms with Crippen molar-refractivity contribution in [3.05, 3.63) is 29.8 Å². The summed E-state index contributed by atoms with van der Waals surface area (Å²) in [6.07, 6.45) is 1.14. The molecule has 1 aromatic rings. The molecule has 5 nitrogen and oxygen atoms in total. The lowest BCUT2D eigenvalue weighted by molar-refractivity contribution is 0.0953. The van der Waals surface area contributed by atoms with E-state index < -0.39 is 0 Å². The maximum absolute atomic E-state index is 11.3. The van der Waals surface area contributed by atoms with Crippen LogP contribution in [0.25, 0.3) is 0 Å². The molecular formula is C15H25N3O2. The van der Waals surface area contributed by atoms with E-state index in [1.54, 1.807) is 24.3 Å². The zero-order valence-electron chi connectivity index (χ0n) is 12.6. The second-order valence-electron chi connectivity index (χ2n) is 4.98. The molecule has 0 spiro atoms. The first-order valence-electron chi connectivity index (χ1n) is 7.06. The quantitative estimate of drug-likeness (QED) is 0.432. The molecule has 0 saturated carbocycles. The number of benzene rings is 1. The minimum atomic E-state index is -0.300. The first-order chi connectivity index (χ1) is 9.58. The molecule has 1 rings (SSSR count). The van der Waals surface area contributed by atoms with Gasteiger partial charge < -0.3 is 4.74 Å². The lowest BCUT2D eigenvalue weighted by Crippen LogP contribution is -2.35. The van der Waals surface area contributed by atoms with Crippen molar-refractivity contribution >= 4 is 5.91 Å². The van der Waals surface area contributed by atoms with Gasteiger partial charge in [-0.1, -0.05) is 6.92 Å². The molecule has 0 aromatic heterocycles. The largest absolute Gasteiger partial charge is 0.492 e. The highest BCUT2D eigenvalue weighted by molar-refractivity contribution is 5.93. The number of hydrogen-bond donors (Lipinski definition) is 2. The van der Waals surface area contributed by atoms with Crippen LogP contribution in [0.15, 0.2) is 24.3 Å². The second-order valence-corrected chi connectivity index (χ2v) is 4.98. The molecule has 3 N–H and O–H groups in total. The number of nitrogen functional groups attached to an aromatic ring is 1. The molecule has 1 amide bonds. The molecule has 0 heterocycles. The lowest BCUT2D eigenvalue weighted by atomic mass is 10.2. The molecular weight excluding hydrogens is 254 g/mol. The maximum Gasteiger partial charge on any atom is 0.265 e. The van der Waals surface area contributed by atoms with E-state index in [2.05, 4.69) is 31.1 Å². The number of nitrogens with one attached hydrogen (secondary N) is 1. The molecule has 112 valence electrons. The van der Waals surface area contributed by atoms with Crippen LogP contribution in [0, 0.1) is 0 Å². The Balaban J connectivity index is 2.43. The lowest BCUT2D eigenvalue weighted by Gasteiger charge is -2.25. The Hall–Kier alpha value is -1.59. The van der Waals surface area contributed by atoms with Crippen molar-refractivity contribution in [1.82, 2.24) is 10.3 Å². The summed E-state index contributed by atoms with van der Waals surface area (Å²) in [4.78, 5) is 13.7. The zero-order chi connectivity index (χ0) is 15.0. The first-order valence-corrected chi connectivity index (χ1v) is 7.06. The zero-order valence-corrected chi connectivity index (χ0v) is 12.6. The fourth-order valence-electron chi connectivity index (χ4n) is 1.98. The van der Waals surface area contributed by atoms with Crippen LogP contribution in [0.4, 0.5) is 0 Å². The average Bonchev–Trinajstić information content (AvgIpc) is 2.46. The van der Waals surface area contributed by atoms with Crippen LogP contribution >= 0.6 is 0 Å². The molecule has 0 saturated heterocycles. The summed E-state index contributed by atoms with van der Waals surface area (Å²) < 4.78 is 5.70. The van der Waals surface area contributed by atoms with Crippen molar-refractivity contribution in [2.75, 3.05) is 19.7 Å². The molecule has 0 fully saturated rings. The van der Waals surface area contributed by atoms with Gasteiger partial charge in [-0.05, 0) is 51.1 Å². The first kappa shape index (κ1) is 16.5. The fraction of sp³-hybridized carbons (Fsp3) is 0.533. The Labute approximate surface area is 121 Å². The van der Waals surface area contributed by atoms with E-state index >= 15 is 0 Å². The number of hydrogen-bond acceptors (Lipinski definition) is 4. The number of rotatable bonds is 8. The Morgan fingerprint density at radius 1 is 1.30 bits per heavy atom. The van der Waals surface area contributed by atoms with Crippen molar-refractivity contribution in [1.29, 1.82) is 0 Å². The monoisotopic (exact) mass is 279 g/mol. The number of hydrazine groups is 1. The fourth-order valence-corrected chi connectivity index (χ4v) is 1.98. The molecule has 0 radical (unpaired) electrons. The van der Waals surface area contributed by atoms with Gasteiger partial charge in [-0.25, -0.2) is 5.84 Å². The molecule has 0 bridgehead atoms. The van der Waals surface area contributed by atoms with Crippen molar-refractivity contribution in [3.63, 3.8) is 0 Å². The summed E-state index contributed by atoms with van der Waals surface area (Å²) in [5.41, 5.74) is 2.62. The predicted molar refractivity (Wildman–Crippen MR) is 80.6 cm³/mol. The van der Waals surface area contributed by atoms with Crippen LogP contribution in [-0.2, 0) is 0 Å². The summed E-state index contributed by atoms with van der Waals surface area (Å²) >= 11 is 0. The summed E-state index contributed by atoms with van der Waals surface area (Å²) in [7, 11) is 0. The number of nitrogens with two attached hydrogens (primary N) is 1. The summed E-state index contributed by atoms with van der Waals surface area (Å²) in [5, 5.41) is 0. The van der Waals surface area contributed by atoms with E-state index in [-0.39, 0.29) is 5.91 Å². The van der Waals surface area contributed by atoms with Crippen LogP contribution in [-0.4, -0.2) is 36.5 Å². The van der Waals surface area contributed by atoms with E-state index in [1.807, 2.05) is 0 Å². The molecule has 0 aliphatic rings. The number of carbonyl (C=O) groups is 1. The Morgan fingerprint density at radius 3 is 2.45 bits per heavy atom. The van der Waals surface area contributed by atoms with Crippen molar-refractivity contribution in [3.8, 4) is 5.75 Å². The molecule has 0 aliphatic carbocycles. The maximum atomic E-state index is 11.3. The van der Waals surface area contributed by atoms with Gasteiger partial charge in [0.25, 0.3) is 5.91 Å². The average molecular weight is 279 g/mol. The normalized spacial score (nSPS) is 10.9. The third-order valence-corrected chi connectivity index (χ3v) is 3.14. The van der Waals surface area contributed by atoms with E-state index in [4.69, 9.17) is 10.6 Å².